The quantitative estimate of drug-likeness (QED) is 0.892. The summed E-state index contributed by atoms with van der Waals surface area (Å²) in [5, 5.41) is 4.37. The second-order valence-electron chi connectivity index (χ2n) is 8.82. The van der Waals surface area contributed by atoms with E-state index in [1.165, 1.54) is 0 Å². The highest BCUT2D eigenvalue weighted by molar-refractivity contribution is 5.88. The van der Waals surface area contributed by atoms with Gasteiger partial charge in [0.2, 0.25) is 5.95 Å². The third-order valence-electron chi connectivity index (χ3n) is 7.02. The summed E-state index contributed by atoms with van der Waals surface area (Å²) < 4.78 is 27.5. The predicted octanol–water partition coefficient (Wildman–Crippen LogP) is 2.23. The molecule has 4 aliphatic rings. The smallest absolute Gasteiger partial charge is 0.256 e. The topological polar surface area (TPSA) is 57.2 Å². The molecule has 2 aromatic rings. The number of nitrogens with zero attached hydrogens (tertiary/aromatic N) is 5. The summed E-state index contributed by atoms with van der Waals surface area (Å²) >= 11 is 0. The second kappa shape index (κ2) is 5.04. The third-order valence-corrected chi connectivity index (χ3v) is 7.02. The number of nitrogens with one attached hydrogen (secondary N) is 1. The Morgan fingerprint density at radius 1 is 1.22 bits per heavy atom. The van der Waals surface area contributed by atoms with E-state index in [4.69, 9.17) is 4.98 Å². The molecule has 2 saturated carbocycles. The molecule has 8 heteroatoms. The zero-order chi connectivity index (χ0) is 18.4. The summed E-state index contributed by atoms with van der Waals surface area (Å²) in [6.07, 6.45) is 4.04. The molecule has 6 rings (SSSR count). The molecule has 0 bridgehead atoms. The van der Waals surface area contributed by atoms with Crippen LogP contribution in [0.15, 0.2) is 18.5 Å². The van der Waals surface area contributed by atoms with E-state index in [1.807, 2.05) is 11.0 Å². The molecule has 1 spiro atoms. The zero-order valence-corrected chi connectivity index (χ0v) is 15.2. The molecule has 0 aromatic carbocycles. The first-order valence-corrected chi connectivity index (χ1v) is 9.65. The number of piperidine rings is 1. The van der Waals surface area contributed by atoms with Crippen LogP contribution in [0.1, 0.15) is 12.8 Å². The number of likely N-dealkylation sites (tertiary alicyclic amines) is 1. The van der Waals surface area contributed by atoms with E-state index in [0.717, 1.165) is 24.0 Å². The van der Waals surface area contributed by atoms with E-state index in [-0.39, 0.29) is 6.42 Å². The number of hydrogen-bond donors (Lipinski definition) is 1. The van der Waals surface area contributed by atoms with Gasteiger partial charge in [-0.3, -0.25) is 0 Å². The van der Waals surface area contributed by atoms with Gasteiger partial charge in [-0.05, 0) is 31.4 Å². The monoisotopic (exact) mass is 372 g/mol. The number of fused-ring (bicyclic) bond motifs is 2. The minimum atomic E-state index is -2.52. The van der Waals surface area contributed by atoms with Crippen LogP contribution >= 0.6 is 0 Å². The zero-order valence-electron chi connectivity index (χ0n) is 15.2. The Labute approximate surface area is 156 Å². The first kappa shape index (κ1) is 15.9. The molecule has 2 aromatic heterocycles. The Balaban J connectivity index is 1.28. The van der Waals surface area contributed by atoms with Crippen LogP contribution in [0.5, 0.6) is 0 Å². The maximum atomic E-state index is 13.8. The molecule has 142 valence electrons. The Kier molecular flexibility index (Phi) is 2.97. The van der Waals surface area contributed by atoms with Crippen molar-refractivity contribution < 1.29 is 8.78 Å². The fourth-order valence-electron chi connectivity index (χ4n) is 5.22. The third kappa shape index (κ3) is 2.28. The lowest BCUT2D eigenvalue weighted by Crippen LogP contribution is -2.25. The van der Waals surface area contributed by atoms with Crippen LogP contribution in [0.4, 0.5) is 20.5 Å². The van der Waals surface area contributed by atoms with Gasteiger partial charge in [0.15, 0.2) is 5.82 Å². The minimum Gasteiger partial charge on any atom is -0.354 e. The van der Waals surface area contributed by atoms with E-state index >= 15 is 0 Å². The van der Waals surface area contributed by atoms with Crippen molar-refractivity contribution in [1.82, 2.24) is 19.9 Å². The molecule has 1 unspecified atom stereocenters. The van der Waals surface area contributed by atoms with Gasteiger partial charge < -0.3 is 15.1 Å². The molecule has 2 saturated heterocycles. The van der Waals surface area contributed by atoms with Crippen molar-refractivity contribution in [1.29, 1.82) is 0 Å². The number of pyridine rings is 1. The summed E-state index contributed by atoms with van der Waals surface area (Å²) in [6.45, 7) is 3.20. The highest BCUT2D eigenvalue weighted by Crippen LogP contribution is 2.65. The maximum Gasteiger partial charge on any atom is 0.256 e. The molecule has 4 fully saturated rings. The number of alkyl halides is 2. The van der Waals surface area contributed by atoms with Gasteiger partial charge in [-0.1, -0.05) is 0 Å². The van der Waals surface area contributed by atoms with Gasteiger partial charge in [-0.2, -0.15) is 0 Å². The average Bonchev–Trinajstić information content (AvgIpc) is 3.20. The molecule has 2 aliphatic carbocycles. The van der Waals surface area contributed by atoms with Crippen LogP contribution in [0.2, 0.25) is 0 Å². The molecule has 4 atom stereocenters. The van der Waals surface area contributed by atoms with Crippen molar-refractivity contribution in [3.8, 4) is 0 Å². The molecular weight excluding hydrogens is 350 g/mol. The molecule has 1 N–H and O–H groups in total. The van der Waals surface area contributed by atoms with Crippen molar-refractivity contribution in [2.24, 2.45) is 17.3 Å². The van der Waals surface area contributed by atoms with E-state index in [1.54, 1.807) is 12.4 Å². The van der Waals surface area contributed by atoms with Crippen LogP contribution in [-0.2, 0) is 0 Å². The molecule has 4 heterocycles. The number of hydrogen-bond acceptors (Lipinski definition) is 6. The van der Waals surface area contributed by atoms with Crippen LogP contribution in [-0.4, -0.2) is 65.0 Å². The second-order valence-corrected chi connectivity index (χ2v) is 8.82. The lowest BCUT2D eigenvalue weighted by Gasteiger charge is -2.19. The fraction of sp³-hybridized carbons (Fsp3) is 0.632. The largest absolute Gasteiger partial charge is 0.354 e. The Morgan fingerprint density at radius 2 is 2.00 bits per heavy atom. The van der Waals surface area contributed by atoms with Gasteiger partial charge in [-0.15, -0.1) is 0 Å². The van der Waals surface area contributed by atoms with Crippen molar-refractivity contribution >= 4 is 22.7 Å². The lowest BCUT2D eigenvalue weighted by atomic mass is 10.1. The molecule has 0 amide bonds. The minimum absolute atomic E-state index is 0.00194. The van der Waals surface area contributed by atoms with Crippen molar-refractivity contribution in [3.63, 3.8) is 0 Å². The van der Waals surface area contributed by atoms with Crippen molar-refractivity contribution in [2.75, 3.05) is 43.4 Å². The van der Waals surface area contributed by atoms with Crippen LogP contribution in [0.3, 0.4) is 0 Å². The van der Waals surface area contributed by atoms with E-state index in [2.05, 4.69) is 27.2 Å². The van der Waals surface area contributed by atoms with Crippen LogP contribution in [0.25, 0.3) is 10.9 Å². The summed E-state index contributed by atoms with van der Waals surface area (Å²) in [6, 6.07) is 2.32. The Hall–Kier alpha value is -2.09. The number of aromatic nitrogens is 3. The molecular formula is C19H22F2N6. The molecule has 27 heavy (non-hydrogen) atoms. The van der Waals surface area contributed by atoms with Gasteiger partial charge in [0, 0.05) is 56.4 Å². The highest BCUT2D eigenvalue weighted by atomic mass is 19.3. The average molecular weight is 372 g/mol. The van der Waals surface area contributed by atoms with E-state index in [0.29, 0.717) is 49.2 Å². The summed E-state index contributed by atoms with van der Waals surface area (Å²) in [5.74, 6) is 0.152. The molecule has 0 radical (unpaired) electrons. The van der Waals surface area contributed by atoms with Crippen LogP contribution in [0, 0.1) is 17.3 Å². The maximum absolute atomic E-state index is 13.8. The predicted molar refractivity (Wildman–Crippen MR) is 98.0 cm³/mol. The normalized spacial score (nSPS) is 36.4. The van der Waals surface area contributed by atoms with Gasteiger partial charge in [0.1, 0.15) is 5.52 Å². The number of halogens is 2. The van der Waals surface area contributed by atoms with Crippen molar-refractivity contribution in [3.05, 3.63) is 18.5 Å². The summed E-state index contributed by atoms with van der Waals surface area (Å²) in [4.78, 5) is 18.0. The number of anilines is 2. The molecule has 2 aliphatic heterocycles. The SMILES string of the molecule is CN1C[C@@H]2[C@H](C1)[C@@H]2Nc1ncc2ccnc(N3CCC4(C3)CC4(F)F)c2n1. The van der Waals surface area contributed by atoms with Gasteiger partial charge in [0.05, 0.1) is 5.41 Å². The lowest BCUT2D eigenvalue weighted by molar-refractivity contribution is 0.0711. The van der Waals surface area contributed by atoms with Crippen molar-refractivity contribution in [2.45, 2.75) is 24.8 Å². The Bertz CT molecular complexity index is 924. The van der Waals surface area contributed by atoms with Gasteiger partial charge >= 0.3 is 0 Å². The van der Waals surface area contributed by atoms with Gasteiger partial charge in [-0.25, -0.2) is 23.7 Å². The van der Waals surface area contributed by atoms with Crippen LogP contribution < -0.4 is 10.2 Å². The van der Waals surface area contributed by atoms with E-state index < -0.39 is 11.3 Å². The summed E-state index contributed by atoms with van der Waals surface area (Å²) in [7, 11) is 2.15. The first-order chi connectivity index (χ1) is 13.0. The Morgan fingerprint density at radius 3 is 2.70 bits per heavy atom. The summed E-state index contributed by atoms with van der Waals surface area (Å²) in [5.41, 5.74) is -0.0958. The standard InChI is InChI=1S/C19H22F2N6/c1-26-7-12-13(8-26)15(12)25-17-23-6-11-2-4-22-16(14(11)24-17)27-5-3-18(10-27)9-19(18,20)21/h2,4,6,12-13,15H,3,5,7-10H2,1H3,(H,23,24,25)/t12-,13+,15-,18?. The van der Waals surface area contributed by atoms with E-state index in [9.17, 15) is 8.78 Å². The highest BCUT2D eigenvalue weighted by Gasteiger charge is 2.72. The van der Waals surface area contributed by atoms with Gasteiger partial charge in [0.25, 0.3) is 5.92 Å². The number of rotatable bonds is 3. The fourth-order valence-corrected chi connectivity index (χ4v) is 5.22. The molecule has 6 nitrogen and oxygen atoms in total. The first-order valence-electron chi connectivity index (χ1n) is 9.65.